The number of hydrogen-bond donors (Lipinski definition) is 0. The standard InChI is InChI=1S/C25H19F4N5O5/c26-19-6-1-15(13-18(19)24(36)33-9-11-37-12-10-33)14-34-21(35)8-7-20(31-34)23-30-22(32-39-23)16-2-4-17(5-3-16)38-25(27,28)29/h1-8,13H,9-12,14H2. The predicted molar refractivity (Wildman–Crippen MR) is 126 cm³/mol. The number of morpholine rings is 1. The molecule has 0 unspecified atom stereocenters. The Hall–Kier alpha value is -4.59. The molecular weight excluding hydrogens is 526 g/mol. The maximum atomic E-state index is 14.5. The van der Waals surface area contributed by atoms with Gasteiger partial charge in [0.05, 0.1) is 25.3 Å². The van der Waals surface area contributed by atoms with E-state index in [2.05, 4.69) is 20.0 Å². The van der Waals surface area contributed by atoms with Gasteiger partial charge in [-0.2, -0.15) is 10.1 Å². The Kier molecular flexibility index (Phi) is 7.11. The lowest BCUT2D eigenvalue weighted by Gasteiger charge is -2.27. The molecule has 4 aromatic rings. The van der Waals surface area contributed by atoms with Gasteiger partial charge in [0.2, 0.25) is 5.82 Å². The summed E-state index contributed by atoms with van der Waals surface area (Å²) < 4.78 is 67.0. The van der Waals surface area contributed by atoms with Crippen LogP contribution in [0.4, 0.5) is 17.6 Å². The minimum Gasteiger partial charge on any atom is -0.406 e. The van der Waals surface area contributed by atoms with Crippen LogP contribution < -0.4 is 10.3 Å². The molecule has 1 fully saturated rings. The average Bonchev–Trinajstić information content (AvgIpc) is 3.41. The largest absolute Gasteiger partial charge is 0.573 e. The number of amides is 1. The number of carbonyl (C=O) groups is 1. The molecule has 202 valence electrons. The summed E-state index contributed by atoms with van der Waals surface area (Å²) in [4.78, 5) is 31.0. The minimum atomic E-state index is -4.82. The first-order chi connectivity index (χ1) is 18.7. The first-order valence-electron chi connectivity index (χ1n) is 11.6. The van der Waals surface area contributed by atoms with Crippen LogP contribution in [0.25, 0.3) is 23.0 Å². The van der Waals surface area contributed by atoms with Gasteiger partial charge in [-0.3, -0.25) is 9.59 Å². The van der Waals surface area contributed by atoms with Crippen molar-refractivity contribution in [2.45, 2.75) is 12.9 Å². The second-order valence-electron chi connectivity index (χ2n) is 8.43. The Balaban J connectivity index is 1.35. The van der Waals surface area contributed by atoms with Crippen LogP contribution in [0.1, 0.15) is 15.9 Å². The molecule has 0 spiro atoms. The minimum absolute atomic E-state index is 0.0448. The summed E-state index contributed by atoms with van der Waals surface area (Å²) in [6, 6.07) is 11.5. The molecule has 2 aromatic heterocycles. The first-order valence-corrected chi connectivity index (χ1v) is 11.6. The fourth-order valence-corrected chi connectivity index (χ4v) is 3.87. The number of ether oxygens (including phenoxy) is 2. The van der Waals surface area contributed by atoms with Crippen molar-refractivity contribution in [1.82, 2.24) is 24.8 Å². The van der Waals surface area contributed by atoms with E-state index in [1.54, 1.807) is 0 Å². The van der Waals surface area contributed by atoms with E-state index in [0.29, 0.717) is 37.4 Å². The Morgan fingerprint density at radius 2 is 1.77 bits per heavy atom. The van der Waals surface area contributed by atoms with E-state index >= 15 is 0 Å². The molecule has 1 aliphatic heterocycles. The zero-order valence-corrected chi connectivity index (χ0v) is 20.0. The van der Waals surface area contributed by atoms with Crippen LogP contribution in [0.15, 0.2) is 63.9 Å². The van der Waals surface area contributed by atoms with Crippen LogP contribution in [-0.4, -0.2) is 63.4 Å². The molecule has 0 bridgehead atoms. The molecule has 1 amide bonds. The Morgan fingerprint density at radius 1 is 1.03 bits per heavy atom. The maximum Gasteiger partial charge on any atom is 0.573 e. The highest BCUT2D eigenvalue weighted by molar-refractivity contribution is 5.94. The zero-order valence-electron chi connectivity index (χ0n) is 20.0. The van der Waals surface area contributed by atoms with Gasteiger partial charge in [0.1, 0.15) is 17.3 Å². The fraction of sp³-hybridized carbons (Fsp3) is 0.240. The third kappa shape index (κ3) is 6.12. The lowest BCUT2D eigenvalue weighted by atomic mass is 10.1. The van der Waals surface area contributed by atoms with E-state index < -0.39 is 29.4 Å². The molecular formula is C25H19F4N5O5. The molecule has 0 saturated carbocycles. The molecule has 3 heterocycles. The Morgan fingerprint density at radius 3 is 2.49 bits per heavy atom. The van der Waals surface area contributed by atoms with Crippen LogP contribution in [0, 0.1) is 5.82 Å². The van der Waals surface area contributed by atoms with Crippen LogP contribution in [0.3, 0.4) is 0 Å². The predicted octanol–water partition coefficient (Wildman–Crippen LogP) is 3.52. The fourth-order valence-electron chi connectivity index (χ4n) is 3.87. The SMILES string of the molecule is O=C(c1cc(Cn2nc(-c3nc(-c4ccc(OC(F)(F)F)cc4)no3)ccc2=O)ccc1F)N1CCOCC1. The van der Waals surface area contributed by atoms with E-state index in [0.717, 1.165) is 22.9 Å². The number of benzene rings is 2. The quantitative estimate of drug-likeness (QED) is 0.339. The topological polar surface area (TPSA) is 113 Å². The summed E-state index contributed by atoms with van der Waals surface area (Å²) >= 11 is 0. The van der Waals surface area contributed by atoms with Gasteiger partial charge in [-0.05, 0) is 48.0 Å². The molecule has 5 rings (SSSR count). The second-order valence-corrected chi connectivity index (χ2v) is 8.43. The van der Waals surface area contributed by atoms with Crippen LogP contribution in [0.5, 0.6) is 5.75 Å². The highest BCUT2D eigenvalue weighted by Gasteiger charge is 2.31. The smallest absolute Gasteiger partial charge is 0.406 e. The normalized spacial score (nSPS) is 13.9. The highest BCUT2D eigenvalue weighted by Crippen LogP contribution is 2.26. The van der Waals surface area contributed by atoms with Crippen molar-refractivity contribution in [3.63, 3.8) is 0 Å². The van der Waals surface area contributed by atoms with E-state index in [9.17, 15) is 27.2 Å². The first kappa shape index (κ1) is 26.0. The highest BCUT2D eigenvalue weighted by atomic mass is 19.4. The number of carbonyl (C=O) groups excluding carboxylic acids is 1. The number of hydrogen-bond acceptors (Lipinski definition) is 8. The van der Waals surface area contributed by atoms with Crippen LogP contribution in [0.2, 0.25) is 0 Å². The van der Waals surface area contributed by atoms with E-state index in [4.69, 9.17) is 9.26 Å². The van der Waals surface area contributed by atoms with Crippen molar-refractivity contribution in [2.75, 3.05) is 26.3 Å². The molecule has 2 aromatic carbocycles. The number of aromatic nitrogens is 4. The summed E-state index contributed by atoms with van der Waals surface area (Å²) in [5.41, 5.74) is 0.386. The van der Waals surface area contributed by atoms with E-state index in [1.165, 1.54) is 41.3 Å². The van der Waals surface area contributed by atoms with Gasteiger partial charge in [0.25, 0.3) is 17.4 Å². The molecule has 0 aliphatic carbocycles. The van der Waals surface area contributed by atoms with Crippen LogP contribution in [-0.2, 0) is 11.3 Å². The van der Waals surface area contributed by atoms with Crippen molar-refractivity contribution >= 4 is 5.91 Å². The molecule has 1 saturated heterocycles. The average molecular weight is 545 g/mol. The Bertz CT molecular complexity index is 1550. The van der Waals surface area contributed by atoms with Gasteiger partial charge in [0.15, 0.2) is 0 Å². The van der Waals surface area contributed by atoms with Gasteiger partial charge < -0.3 is 18.9 Å². The second kappa shape index (κ2) is 10.6. The summed E-state index contributed by atoms with van der Waals surface area (Å²) in [5, 5.41) is 8.06. The summed E-state index contributed by atoms with van der Waals surface area (Å²) in [5.74, 6) is -1.52. The number of nitrogens with zero attached hydrogens (tertiary/aromatic N) is 5. The van der Waals surface area contributed by atoms with Gasteiger partial charge in [-0.25, -0.2) is 9.07 Å². The summed E-state index contributed by atoms with van der Waals surface area (Å²) in [6.07, 6.45) is -4.82. The molecule has 14 heteroatoms. The third-order valence-corrected chi connectivity index (χ3v) is 5.75. The van der Waals surface area contributed by atoms with Crippen molar-refractivity contribution in [1.29, 1.82) is 0 Å². The Labute approximate surface area is 217 Å². The van der Waals surface area contributed by atoms with Gasteiger partial charge in [0, 0.05) is 24.7 Å². The monoisotopic (exact) mass is 545 g/mol. The number of rotatable bonds is 6. The molecule has 0 N–H and O–H groups in total. The molecule has 0 radical (unpaired) electrons. The van der Waals surface area contributed by atoms with Crippen molar-refractivity contribution in [2.24, 2.45) is 0 Å². The summed E-state index contributed by atoms with van der Waals surface area (Å²) in [7, 11) is 0. The molecule has 1 aliphatic rings. The number of alkyl halides is 3. The van der Waals surface area contributed by atoms with Crippen molar-refractivity contribution in [3.8, 4) is 28.7 Å². The van der Waals surface area contributed by atoms with Crippen LogP contribution >= 0.6 is 0 Å². The zero-order chi connectivity index (χ0) is 27.6. The lowest BCUT2D eigenvalue weighted by molar-refractivity contribution is -0.274. The molecule has 10 nitrogen and oxygen atoms in total. The lowest BCUT2D eigenvalue weighted by Crippen LogP contribution is -2.41. The van der Waals surface area contributed by atoms with Gasteiger partial charge in [-0.15, -0.1) is 13.2 Å². The third-order valence-electron chi connectivity index (χ3n) is 5.75. The van der Waals surface area contributed by atoms with Gasteiger partial charge >= 0.3 is 6.36 Å². The van der Waals surface area contributed by atoms with Gasteiger partial charge in [-0.1, -0.05) is 11.2 Å². The maximum absolute atomic E-state index is 14.5. The number of halogens is 4. The van der Waals surface area contributed by atoms with E-state index in [1.807, 2.05) is 0 Å². The molecule has 39 heavy (non-hydrogen) atoms. The molecule has 0 atom stereocenters. The van der Waals surface area contributed by atoms with E-state index in [-0.39, 0.29) is 29.5 Å². The summed E-state index contributed by atoms with van der Waals surface area (Å²) in [6.45, 7) is 1.37. The van der Waals surface area contributed by atoms with Crippen molar-refractivity contribution < 1.29 is 36.4 Å². The van der Waals surface area contributed by atoms with Crippen molar-refractivity contribution in [3.05, 3.63) is 81.9 Å².